The number of fused-ring (bicyclic) bond motifs is 1. The third kappa shape index (κ3) is 3.96. The number of nitrogens with one attached hydrogen (secondary N) is 1. The molecular weight excluding hydrogens is 366 g/mol. The van der Waals surface area contributed by atoms with Gasteiger partial charge in [0, 0.05) is 31.3 Å². The Balaban J connectivity index is 1.48. The number of anilines is 1. The number of rotatable bonds is 4. The molecule has 2 aromatic carbocycles. The van der Waals surface area contributed by atoms with Gasteiger partial charge in [-0.05, 0) is 29.3 Å². The molecular formula is C23H21N3O3. The molecule has 6 nitrogen and oxygen atoms in total. The molecule has 1 aliphatic rings. The van der Waals surface area contributed by atoms with E-state index in [4.69, 9.17) is 4.42 Å². The molecule has 0 spiro atoms. The van der Waals surface area contributed by atoms with Gasteiger partial charge in [-0.2, -0.15) is 0 Å². The Kier molecular flexibility index (Phi) is 4.99. The predicted octanol–water partition coefficient (Wildman–Crippen LogP) is 4.55. The van der Waals surface area contributed by atoms with Crippen LogP contribution < -0.4 is 5.32 Å². The number of oxazole rings is 1. The van der Waals surface area contributed by atoms with E-state index >= 15 is 0 Å². The summed E-state index contributed by atoms with van der Waals surface area (Å²) in [5.74, 6) is 0.353. The summed E-state index contributed by atoms with van der Waals surface area (Å²) in [6, 6.07) is 14.9. The Morgan fingerprint density at radius 1 is 1.14 bits per heavy atom. The maximum atomic E-state index is 12.7. The number of hydrogen-bond donors (Lipinski definition) is 1. The number of aromatic nitrogens is 1. The highest BCUT2D eigenvalue weighted by Crippen LogP contribution is 2.33. The molecule has 0 saturated heterocycles. The lowest BCUT2D eigenvalue weighted by atomic mass is 9.93. The summed E-state index contributed by atoms with van der Waals surface area (Å²) >= 11 is 0. The molecule has 29 heavy (non-hydrogen) atoms. The molecule has 0 aliphatic carbocycles. The van der Waals surface area contributed by atoms with Crippen LogP contribution in [0.25, 0.3) is 17.3 Å². The second kappa shape index (κ2) is 7.75. The van der Waals surface area contributed by atoms with E-state index in [2.05, 4.69) is 10.3 Å². The number of benzene rings is 2. The van der Waals surface area contributed by atoms with Crippen LogP contribution in [-0.2, 0) is 9.59 Å². The third-order valence-electron chi connectivity index (χ3n) is 4.93. The molecule has 1 atom stereocenters. The first kappa shape index (κ1) is 18.7. The minimum Gasteiger partial charge on any atom is -0.449 e. The molecule has 146 valence electrons. The molecule has 0 fully saturated rings. The first-order chi connectivity index (χ1) is 14.0. The SMILES string of the molecule is CC(=O)N1C=Cc2ccccc2[C@H]1CC(=O)Nc1ccc(-c2coc(C)n2)cc1. The zero-order chi connectivity index (χ0) is 20.4. The van der Waals surface area contributed by atoms with E-state index in [1.54, 1.807) is 24.3 Å². The van der Waals surface area contributed by atoms with Gasteiger partial charge in [-0.25, -0.2) is 4.98 Å². The van der Waals surface area contributed by atoms with Crippen LogP contribution in [0.15, 0.2) is 65.4 Å². The summed E-state index contributed by atoms with van der Waals surface area (Å²) in [5.41, 5.74) is 4.34. The molecule has 2 amide bonds. The molecule has 1 N–H and O–H groups in total. The zero-order valence-corrected chi connectivity index (χ0v) is 16.3. The van der Waals surface area contributed by atoms with Gasteiger partial charge >= 0.3 is 0 Å². The third-order valence-corrected chi connectivity index (χ3v) is 4.93. The standard InChI is InChI=1S/C23H21N3O3/c1-15-24-21(14-29-15)18-7-9-19(10-8-18)25-23(28)13-22-20-6-4-3-5-17(20)11-12-26(22)16(2)27/h3-12,14,22H,13H2,1-2H3,(H,25,28)/t22-/m1/s1. The summed E-state index contributed by atoms with van der Waals surface area (Å²) in [6.45, 7) is 3.30. The van der Waals surface area contributed by atoms with Gasteiger partial charge in [0.05, 0.1) is 12.5 Å². The number of nitrogens with zero attached hydrogens (tertiary/aromatic N) is 2. The van der Waals surface area contributed by atoms with Crippen molar-refractivity contribution < 1.29 is 14.0 Å². The van der Waals surface area contributed by atoms with Crippen LogP contribution >= 0.6 is 0 Å². The fourth-order valence-electron chi connectivity index (χ4n) is 3.52. The summed E-state index contributed by atoms with van der Waals surface area (Å²) in [6.07, 6.45) is 5.42. The maximum absolute atomic E-state index is 12.7. The molecule has 2 heterocycles. The summed E-state index contributed by atoms with van der Waals surface area (Å²) in [4.78, 5) is 30.7. The van der Waals surface area contributed by atoms with E-state index < -0.39 is 0 Å². The van der Waals surface area contributed by atoms with Crippen molar-refractivity contribution in [2.45, 2.75) is 26.3 Å². The van der Waals surface area contributed by atoms with Crippen LogP contribution in [0.4, 0.5) is 5.69 Å². The molecule has 0 bridgehead atoms. The number of aryl methyl sites for hydroxylation is 1. The van der Waals surface area contributed by atoms with Crippen molar-refractivity contribution >= 4 is 23.6 Å². The van der Waals surface area contributed by atoms with E-state index in [1.807, 2.05) is 54.6 Å². The minimum atomic E-state index is -0.328. The highest BCUT2D eigenvalue weighted by atomic mass is 16.3. The van der Waals surface area contributed by atoms with Crippen LogP contribution in [0.3, 0.4) is 0 Å². The van der Waals surface area contributed by atoms with Crippen molar-refractivity contribution in [3.63, 3.8) is 0 Å². The lowest BCUT2D eigenvalue weighted by molar-refractivity contribution is -0.129. The molecule has 1 aliphatic heterocycles. The van der Waals surface area contributed by atoms with Crippen LogP contribution in [0, 0.1) is 6.92 Å². The van der Waals surface area contributed by atoms with Crippen LogP contribution in [-0.4, -0.2) is 21.7 Å². The van der Waals surface area contributed by atoms with Gasteiger partial charge in [0.15, 0.2) is 5.89 Å². The van der Waals surface area contributed by atoms with Gasteiger partial charge in [-0.3, -0.25) is 9.59 Å². The summed E-state index contributed by atoms with van der Waals surface area (Å²) in [7, 11) is 0. The van der Waals surface area contributed by atoms with Gasteiger partial charge in [0.1, 0.15) is 12.0 Å². The highest BCUT2D eigenvalue weighted by molar-refractivity contribution is 5.92. The van der Waals surface area contributed by atoms with E-state index in [0.717, 1.165) is 22.4 Å². The average Bonchev–Trinajstić information content (AvgIpc) is 3.15. The molecule has 3 aromatic rings. The van der Waals surface area contributed by atoms with Crippen LogP contribution in [0.1, 0.15) is 36.4 Å². The molecule has 6 heteroatoms. The van der Waals surface area contributed by atoms with Crippen molar-refractivity contribution in [2.75, 3.05) is 5.32 Å². The lowest BCUT2D eigenvalue weighted by Gasteiger charge is -2.32. The normalized spacial score (nSPS) is 15.1. The molecule has 0 radical (unpaired) electrons. The summed E-state index contributed by atoms with van der Waals surface area (Å²) < 4.78 is 5.24. The Morgan fingerprint density at radius 2 is 1.90 bits per heavy atom. The van der Waals surface area contributed by atoms with Crippen molar-refractivity contribution in [1.82, 2.24) is 9.88 Å². The number of amides is 2. The van der Waals surface area contributed by atoms with E-state index in [9.17, 15) is 9.59 Å². The van der Waals surface area contributed by atoms with Gasteiger partial charge in [0.2, 0.25) is 11.8 Å². The van der Waals surface area contributed by atoms with E-state index in [-0.39, 0.29) is 24.3 Å². The quantitative estimate of drug-likeness (QED) is 0.712. The second-order valence-corrected chi connectivity index (χ2v) is 6.97. The largest absolute Gasteiger partial charge is 0.449 e. The number of carbonyl (C=O) groups is 2. The second-order valence-electron chi connectivity index (χ2n) is 6.97. The fourth-order valence-corrected chi connectivity index (χ4v) is 3.52. The molecule has 1 aromatic heterocycles. The van der Waals surface area contributed by atoms with Crippen molar-refractivity contribution in [2.24, 2.45) is 0 Å². The van der Waals surface area contributed by atoms with Gasteiger partial charge in [0.25, 0.3) is 0 Å². The van der Waals surface area contributed by atoms with Gasteiger partial charge in [-0.1, -0.05) is 36.4 Å². The van der Waals surface area contributed by atoms with Gasteiger partial charge < -0.3 is 14.6 Å². The van der Waals surface area contributed by atoms with Crippen LogP contribution in [0.2, 0.25) is 0 Å². The number of hydrogen-bond acceptors (Lipinski definition) is 4. The van der Waals surface area contributed by atoms with Crippen molar-refractivity contribution in [3.05, 3.63) is 78.0 Å². The fraction of sp³-hybridized carbons (Fsp3) is 0.174. The molecule has 0 unspecified atom stereocenters. The Labute approximate surface area is 168 Å². The van der Waals surface area contributed by atoms with Crippen molar-refractivity contribution in [1.29, 1.82) is 0 Å². The minimum absolute atomic E-state index is 0.0965. The van der Waals surface area contributed by atoms with Crippen molar-refractivity contribution in [3.8, 4) is 11.3 Å². The van der Waals surface area contributed by atoms with Crippen LogP contribution in [0.5, 0.6) is 0 Å². The average molecular weight is 387 g/mol. The molecule has 4 rings (SSSR count). The molecule has 0 saturated carbocycles. The maximum Gasteiger partial charge on any atom is 0.226 e. The zero-order valence-electron chi connectivity index (χ0n) is 16.3. The Bertz CT molecular complexity index is 1080. The number of carbonyl (C=O) groups excluding carboxylic acids is 2. The Morgan fingerprint density at radius 3 is 2.59 bits per heavy atom. The predicted molar refractivity (Wildman–Crippen MR) is 111 cm³/mol. The summed E-state index contributed by atoms with van der Waals surface area (Å²) in [5, 5.41) is 2.92. The van der Waals surface area contributed by atoms with E-state index in [0.29, 0.717) is 11.6 Å². The Hall–Kier alpha value is -3.67. The van der Waals surface area contributed by atoms with Gasteiger partial charge in [-0.15, -0.1) is 0 Å². The lowest BCUT2D eigenvalue weighted by Crippen LogP contribution is -2.33. The highest BCUT2D eigenvalue weighted by Gasteiger charge is 2.28. The smallest absolute Gasteiger partial charge is 0.226 e. The van der Waals surface area contributed by atoms with E-state index in [1.165, 1.54) is 6.92 Å². The topological polar surface area (TPSA) is 75.4 Å². The monoisotopic (exact) mass is 387 g/mol. The first-order valence-electron chi connectivity index (χ1n) is 9.40. The first-order valence-corrected chi connectivity index (χ1v) is 9.40.